The molecule has 36 heavy (non-hydrogen) atoms. The normalized spacial score (nSPS) is 13.7. The molecule has 0 N–H and O–H groups in total. The van der Waals surface area contributed by atoms with Gasteiger partial charge in [0.25, 0.3) is 5.56 Å². The van der Waals surface area contributed by atoms with Crippen molar-refractivity contribution >= 4 is 11.7 Å². The number of carbonyl (C=O) groups excluding carboxylic acids is 1. The molecule has 1 aromatic carbocycles. The van der Waals surface area contributed by atoms with Crippen molar-refractivity contribution in [3.8, 4) is 17.2 Å². The molecule has 4 heterocycles. The smallest absolute Gasteiger partial charge is 0.352 e. The van der Waals surface area contributed by atoms with Crippen LogP contribution in [0.4, 0.5) is 10.2 Å². The number of rotatable bonds is 5. The summed E-state index contributed by atoms with van der Waals surface area (Å²) >= 11 is 0. The summed E-state index contributed by atoms with van der Waals surface area (Å²) in [6.45, 7) is 3.67. The molecule has 184 valence electrons. The van der Waals surface area contributed by atoms with Crippen LogP contribution < -0.4 is 16.1 Å². The zero-order valence-electron chi connectivity index (χ0n) is 19.2. The van der Waals surface area contributed by atoms with Gasteiger partial charge in [0.1, 0.15) is 11.6 Å². The molecular weight excluding hydrogens is 471 g/mol. The molecule has 1 aliphatic rings. The fourth-order valence-electron chi connectivity index (χ4n) is 3.91. The van der Waals surface area contributed by atoms with E-state index in [1.807, 2.05) is 18.2 Å². The molecule has 1 fully saturated rings. The molecule has 0 unspecified atom stereocenters. The number of hydrogen-bond donors (Lipinski definition) is 0. The van der Waals surface area contributed by atoms with Crippen molar-refractivity contribution in [2.75, 3.05) is 31.1 Å². The number of pyridine rings is 1. The Morgan fingerprint density at radius 1 is 1.06 bits per heavy atom. The molecule has 1 aliphatic heterocycles. The zero-order valence-corrected chi connectivity index (χ0v) is 19.2. The van der Waals surface area contributed by atoms with Crippen LogP contribution >= 0.6 is 0 Å². The first kappa shape index (κ1) is 23.1. The number of piperazine rings is 1. The predicted octanol–water partition coefficient (Wildman–Crippen LogP) is 0.961. The van der Waals surface area contributed by atoms with Gasteiger partial charge in [-0.3, -0.25) is 14.2 Å². The second-order valence-corrected chi connectivity index (χ2v) is 7.96. The van der Waals surface area contributed by atoms with Gasteiger partial charge in [-0.25, -0.2) is 14.2 Å². The third-order valence-corrected chi connectivity index (χ3v) is 5.81. The van der Waals surface area contributed by atoms with Crippen LogP contribution in [-0.2, 0) is 6.54 Å². The Kier molecular flexibility index (Phi) is 6.10. The maximum absolute atomic E-state index is 13.4. The fourth-order valence-corrected chi connectivity index (χ4v) is 3.91. The van der Waals surface area contributed by atoms with Crippen molar-refractivity contribution in [2.45, 2.75) is 13.5 Å². The highest BCUT2D eigenvalue weighted by atomic mass is 19.1. The molecule has 5 rings (SSSR count). The Hall–Kier alpha value is -4.68. The molecule has 0 spiro atoms. The van der Waals surface area contributed by atoms with Crippen molar-refractivity contribution in [2.24, 2.45) is 0 Å². The molecule has 0 atom stereocenters. The minimum absolute atomic E-state index is 0.0541. The van der Waals surface area contributed by atoms with E-state index in [0.717, 1.165) is 15.1 Å². The highest BCUT2D eigenvalue weighted by Crippen LogP contribution is 2.16. The van der Waals surface area contributed by atoms with Gasteiger partial charge in [0.2, 0.25) is 5.82 Å². The first-order valence-corrected chi connectivity index (χ1v) is 11.3. The number of benzene rings is 1. The SMILES string of the molecule is CCn1c(=O)c(-c2noc(C(=O)N3CCN(c4ccccn4)CC3)n2)nn(-c2ccc(F)cc2)c1=O. The van der Waals surface area contributed by atoms with Crippen LogP contribution in [0.1, 0.15) is 17.6 Å². The van der Waals surface area contributed by atoms with Crippen LogP contribution in [0.2, 0.25) is 0 Å². The topological polar surface area (TPSA) is 132 Å². The second-order valence-electron chi connectivity index (χ2n) is 7.96. The van der Waals surface area contributed by atoms with Crippen LogP contribution in [0.25, 0.3) is 17.2 Å². The van der Waals surface area contributed by atoms with Crippen LogP contribution in [-0.4, -0.2) is 66.5 Å². The van der Waals surface area contributed by atoms with E-state index in [1.54, 1.807) is 18.0 Å². The summed E-state index contributed by atoms with van der Waals surface area (Å²) in [7, 11) is 0. The van der Waals surface area contributed by atoms with Crippen molar-refractivity contribution in [1.82, 2.24) is 34.4 Å². The van der Waals surface area contributed by atoms with Gasteiger partial charge in [-0.05, 0) is 43.3 Å². The maximum Gasteiger partial charge on any atom is 0.352 e. The second kappa shape index (κ2) is 9.52. The van der Waals surface area contributed by atoms with E-state index in [2.05, 4.69) is 25.1 Å². The lowest BCUT2D eigenvalue weighted by molar-refractivity contribution is 0.0696. The summed E-state index contributed by atoms with van der Waals surface area (Å²) in [5.74, 6) is -0.650. The van der Waals surface area contributed by atoms with Gasteiger partial charge in [0, 0.05) is 38.9 Å². The van der Waals surface area contributed by atoms with E-state index >= 15 is 0 Å². The Labute approximate surface area is 203 Å². The van der Waals surface area contributed by atoms with E-state index in [0.29, 0.717) is 26.2 Å². The highest BCUT2D eigenvalue weighted by Gasteiger charge is 2.28. The average molecular weight is 492 g/mol. The molecule has 12 nitrogen and oxygen atoms in total. The quantitative estimate of drug-likeness (QED) is 0.399. The Morgan fingerprint density at radius 2 is 1.81 bits per heavy atom. The molecule has 13 heteroatoms. The molecule has 0 bridgehead atoms. The summed E-state index contributed by atoms with van der Waals surface area (Å²) < 4.78 is 20.4. The van der Waals surface area contributed by atoms with Crippen LogP contribution in [0.15, 0.2) is 62.8 Å². The van der Waals surface area contributed by atoms with E-state index in [1.165, 1.54) is 24.3 Å². The number of hydrogen-bond acceptors (Lipinski definition) is 9. The van der Waals surface area contributed by atoms with Crippen LogP contribution in [0.3, 0.4) is 0 Å². The summed E-state index contributed by atoms with van der Waals surface area (Å²) in [6, 6.07) is 10.7. The van der Waals surface area contributed by atoms with Gasteiger partial charge in [-0.1, -0.05) is 11.2 Å². The van der Waals surface area contributed by atoms with Crippen molar-refractivity contribution in [3.63, 3.8) is 0 Å². The van der Waals surface area contributed by atoms with Gasteiger partial charge < -0.3 is 14.3 Å². The molecule has 0 saturated carbocycles. The lowest BCUT2D eigenvalue weighted by Crippen LogP contribution is -2.49. The maximum atomic E-state index is 13.4. The minimum Gasteiger partial charge on any atom is -0.353 e. The molecule has 3 aromatic heterocycles. The van der Waals surface area contributed by atoms with E-state index in [-0.39, 0.29) is 29.6 Å². The number of amides is 1. The zero-order chi connectivity index (χ0) is 25.2. The highest BCUT2D eigenvalue weighted by molar-refractivity contribution is 5.90. The van der Waals surface area contributed by atoms with Crippen molar-refractivity contribution < 1.29 is 13.7 Å². The Bertz CT molecular complexity index is 1510. The lowest BCUT2D eigenvalue weighted by Gasteiger charge is -2.34. The van der Waals surface area contributed by atoms with Gasteiger partial charge >= 0.3 is 17.5 Å². The number of nitrogens with zero attached hydrogens (tertiary/aromatic N) is 8. The van der Waals surface area contributed by atoms with E-state index < -0.39 is 23.0 Å². The van der Waals surface area contributed by atoms with Gasteiger partial charge in [0.15, 0.2) is 5.69 Å². The Balaban J connectivity index is 1.41. The van der Waals surface area contributed by atoms with E-state index in [9.17, 15) is 18.8 Å². The number of halogens is 1. The molecule has 4 aromatic rings. The molecule has 1 saturated heterocycles. The fraction of sp³-hybridized carbons (Fsp3) is 0.261. The Morgan fingerprint density at radius 3 is 2.47 bits per heavy atom. The first-order chi connectivity index (χ1) is 17.5. The van der Waals surface area contributed by atoms with Crippen molar-refractivity contribution in [1.29, 1.82) is 0 Å². The summed E-state index contributed by atoms with van der Waals surface area (Å²) in [5.41, 5.74) is -1.47. The molecule has 0 radical (unpaired) electrons. The third kappa shape index (κ3) is 4.26. The molecular formula is C23H21FN8O4. The standard InChI is InChI=1S/C23H21FN8O4/c1-2-31-21(33)18(27-32(23(31)35)16-8-6-15(24)7-9-16)19-26-20(36-28-19)22(34)30-13-11-29(12-14-30)17-5-3-4-10-25-17/h3-10H,2,11-14H2,1H3. The summed E-state index contributed by atoms with van der Waals surface area (Å²) in [4.78, 5) is 50.7. The number of aromatic nitrogens is 6. The van der Waals surface area contributed by atoms with E-state index in [4.69, 9.17) is 4.52 Å². The van der Waals surface area contributed by atoms with Gasteiger partial charge in [-0.15, -0.1) is 0 Å². The summed E-state index contributed by atoms with van der Waals surface area (Å²) in [5, 5.41) is 7.88. The largest absolute Gasteiger partial charge is 0.353 e. The van der Waals surface area contributed by atoms with Crippen molar-refractivity contribution in [3.05, 3.63) is 81.2 Å². The third-order valence-electron chi connectivity index (χ3n) is 5.81. The molecule has 1 amide bonds. The van der Waals surface area contributed by atoms with Gasteiger partial charge in [-0.2, -0.15) is 14.8 Å². The summed E-state index contributed by atoms with van der Waals surface area (Å²) in [6.07, 6.45) is 1.71. The lowest BCUT2D eigenvalue weighted by atomic mass is 10.3. The first-order valence-electron chi connectivity index (χ1n) is 11.3. The average Bonchev–Trinajstić information content (AvgIpc) is 3.40. The molecule has 0 aliphatic carbocycles. The number of carbonyl (C=O) groups is 1. The predicted molar refractivity (Wildman–Crippen MR) is 125 cm³/mol. The van der Waals surface area contributed by atoms with Crippen LogP contribution in [0.5, 0.6) is 0 Å². The van der Waals surface area contributed by atoms with Crippen LogP contribution in [0, 0.1) is 5.82 Å². The number of anilines is 1. The van der Waals surface area contributed by atoms with Gasteiger partial charge in [0.05, 0.1) is 5.69 Å². The minimum atomic E-state index is -0.732. The monoisotopic (exact) mass is 492 g/mol.